The van der Waals surface area contributed by atoms with E-state index < -0.39 is 11.7 Å². The molecule has 7 nitrogen and oxygen atoms in total. The van der Waals surface area contributed by atoms with Crippen LogP contribution in [0, 0.1) is 0 Å². The Kier molecular flexibility index (Phi) is 6.67. The summed E-state index contributed by atoms with van der Waals surface area (Å²) in [5, 5.41) is 3.39. The highest BCUT2D eigenvalue weighted by Gasteiger charge is 2.35. The molecule has 2 aliphatic rings. The number of amides is 1. The van der Waals surface area contributed by atoms with Crippen molar-refractivity contribution in [3.05, 3.63) is 65.2 Å². The van der Waals surface area contributed by atoms with Gasteiger partial charge < -0.3 is 25.3 Å². The molecule has 164 valence electrons. The Hall–Kier alpha value is -2.71. The molecule has 0 aromatic heterocycles. The highest BCUT2D eigenvalue weighted by Crippen LogP contribution is 2.37. The van der Waals surface area contributed by atoms with Gasteiger partial charge in [0.1, 0.15) is 0 Å². The topological polar surface area (TPSA) is 86.1 Å². The molecule has 4 rings (SSSR count). The van der Waals surface area contributed by atoms with E-state index in [0.29, 0.717) is 18.8 Å². The van der Waals surface area contributed by atoms with E-state index in [-0.39, 0.29) is 0 Å². The molecule has 31 heavy (non-hydrogen) atoms. The number of ether oxygens (including phenoxy) is 3. The first-order valence-corrected chi connectivity index (χ1v) is 10.6. The molecule has 2 aromatic carbocycles. The number of carbonyl (C=O) groups excluding carboxylic acids is 1. The van der Waals surface area contributed by atoms with Crippen molar-refractivity contribution < 1.29 is 19.0 Å². The number of hydrogen-bond acceptors (Lipinski definition) is 6. The Morgan fingerprint density at radius 3 is 2.48 bits per heavy atom. The van der Waals surface area contributed by atoms with Crippen LogP contribution >= 0.6 is 0 Å². The molecule has 0 bridgehead atoms. The largest absolute Gasteiger partial charge is 0.379 e. The van der Waals surface area contributed by atoms with Gasteiger partial charge in [0.15, 0.2) is 5.79 Å². The summed E-state index contributed by atoms with van der Waals surface area (Å²) in [6.07, 6.45) is 4.30. The molecule has 0 atom stereocenters. The molecule has 2 heterocycles. The maximum absolute atomic E-state index is 11.7. The van der Waals surface area contributed by atoms with E-state index >= 15 is 0 Å². The van der Waals surface area contributed by atoms with Crippen molar-refractivity contribution in [2.24, 2.45) is 5.73 Å². The van der Waals surface area contributed by atoms with Gasteiger partial charge in [0.2, 0.25) is 5.91 Å². The zero-order valence-electron chi connectivity index (χ0n) is 17.8. The summed E-state index contributed by atoms with van der Waals surface area (Å²) >= 11 is 0. The lowest BCUT2D eigenvalue weighted by Gasteiger charge is -2.26. The van der Waals surface area contributed by atoms with Crippen molar-refractivity contribution in [2.75, 3.05) is 51.4 Å². The second kappa shape index (κ2) is 9.62. The predicted octanol–water partition coefficient (Wildman–Crippen LogP) is 3.09. The lowest BCUT2D eigenvalue weighted by atomic mass is 10.0. The quantitative estimate of drug-likeness (QED) is 0.712. The first-order chi connectivity index (χ1) is 15.0. The summed E-state index contributed by atoms with van der Waals surface area (Å²) in [5.41, 5.74) is 9.49. The van der Waals surface area contributed by atoms with Crippen LogP contribution in [0.3, 0.4) is 0 Å². The summed E-state index contributed by atoms with van der Waals surface area (Å²) in [6, 6.07) is 13.4. The van der Waals surface area contributed by atoms with Crippen LogP contribution in [0.2, 0.25) is 0 Å². The fourth-order valence-corrected chi connectivity index (χ4v) is 3.82. The molecule has 0 saturated carbocycles. The van der Waals surface area contributed by atoms with E-state index in [1.54, 1.807) is 12.1 Å². The van der Waals surface area contributed by atoms with Gasteiger partial charge in [-0.2, -0.15) is 0 Å². The third-order valence-electron chi connectivity index (χ3n) is 5.60. The van der Waals surface area contributed by atoms with Crippen LogP contribution in [0.1, 0.15) is 28.4 Å². The van der Waals surface area contributed by atoms with Crippen LogP contribution in [0.4, 0.5) is 11.4 Å². The molecule has 2 saturated heterocycles. The van der Waals surface area contributed by atoms with Gasteiger partial charge in [-0.15, -0.1) is 0 Å². The van der Waals surface area contributed by atoms with Crippen LogP contribution < -0.4 is 11.1 Å². The number of benzene rings is 2. The average Bonchev–Trinajstić information content (AvgIpc) is 3.23. The minimum atomic E-state index is -0.860. The second-order valence-corrected chi connectivity index (χ2v) is 7.83. The molecule has 0 spiro atoms. The number of carbonyl (C=O) groups is 1. The fourth-order valence-electron chi connectivity index (χ4n) is 3.82. The summed E-state index contributed by atoms with van der Waals surface area (Å²) in [5.74, 6) is -1.34. The molecule has 3 N–H and O–H groups in total. The summed E-state index contributed by atoms with van der Waals surface area (Å²) in [6.45, 7) is 7.43. The monoisotopic (exact) mass is 423 g/mol. The average molecular weight is 424 g/mol. The van der Waals surface area contributed by atoms with Gasteiger partial charge in [0.25, 0.3) is 0 Å². The molecule has 2 aromatic rings. The highest BCUT2D eigenvalue weighted by atomic mass is 16.7. The van der Waals surface area contributed by atoms with Gasteiger partial charge in [0, 0.05) is 42.1 Å². The number of primary amides is 1. The van der Waals surface area contributed by atoms with Crippen LogP contribution in [-0.2, 0) is 20.0 Å². The van der Waals surface area contributed by atoms with Crippen molar-refractivity contribution in [3.63, 3.8) is 0 Å². The van der Waals surface area contributed by atoms with Crippen molar-refractivity contribution >= 4 is 23.4 Å². The van der Waals surface area contributed by atoms with Crippen molar-refractivity contribution in [1.29, 1.82) is 0 Å². The molecular formula is C24H29N3O4. The van der Waals surface area contributed by atoms with E-state index in [1.807, 2.05) is 25.1 Å². The van der Waals surface area contributed by atoms with Crippen LogP contribution in [0.5, 0.6) is 0 Å². The number of nitrogens with zero attached hydrogens (tertiary/aromatic N) is 1. The number of morpholine rings is 1. The Bertz CT molecular complexity index is 930. The molecule has 0 radical (unpaired) electrons. The smallest absolute Gasteiger partial charge is 0.248 e. The SMILES string of the molecule is CC1(c2ccc(C(N)=O)cc2Nc2ccc(C=CCN3CCOCC3)cc2)OCCO1. The lowest BCUT2D eigenvalue weighted by Crippen LogP contribution is -2.36. The van der Waals surface area contributed by atoms with Gasteiger partial charge in [0.05, 0.1) is 26.4 Å². The predicted molar refractivity (Wildman–Crippen MR) is 120 cm³/mol. The number of rotatable bonds is 7. The zero-order chi connectivity index (χ0) is 21.7. The lowest BCUT2D eigenvalue weighted by molar-refractivity contribution is -0.149. The maximum Gasteiger partial charge on any atom is 0.248 e. The number of nitrogens with one attached hydrogen (secondary N) is 1. The zero-order valence-corrected chi connectivity index (χ0v) is 17.8. The Balaban J connectivity index is 1.48. The first-order valence-electron chi connectivity index (χ1n) is 10.6. The van der Waals surface area contributed by atoms with Crippen LogP contribution in [0.15, 0.2) is 48.5 Å². The highest BCUT2D eigenvalue weighted by molar-refractivity contribution is 5.94. The van der Waals surface area contributed by atoms with Gasteiger partial charge in [-0.1, -0.05) is 30.4 Å². The molecule has 0 aliphatic carbocycles. The van der Waals surface area contributed by atoms with E-state index in [2.05, 4.69) is 34.5 Å². The summed E-state index contributed by atoms with van der Waals surface area (Å²) in [4.78, 5) is 14.1. The third-order valence-corrected chi connectivity index (χ3v) is 5.60. The Morgan fingerprint density at radius 2 is 1.81 bits per heavy atom. The molecule has 2 fully saturated rings. The number of nitrogens with two attached hydrogens (primary N) is 1. The van der Waals surface area contributed by atoms with Crippen LogP contribution in [-0.4, -0.2) is 56.9 Å². The molecule has 2 aliphatic heterocycles. The van der Waals surface area contributed by atoms with Gasteiger partial charge >= 0.3 is 0 Å². The Morgan fingerprint density at radius 1 is 1.10 bits per heavy atom. The minimum Gasteiger partial charge on any atom is -0.379 e. The number of hydrogen-bond donors (Lipinski definition) is 2. The third kappa shape index (κ3) is 5.32. The standard InChI is InChI=1S/C24H29N3O4/c1-24(30-15-16-31-24)21-9-6-19(23(25)28)17-22(21)26-20-7-4-18(5-8-20)3-2-10-27-11-13-29-14-12-27/h2-9,17,26H,10-16H2,1H3,(H2,25,28). The van der Waals surface area contributed by atoms with Crippen molar-refractivity contribution in [2.45, 2.75) is 12.7 Å². The van der Waals surface area contributed by atoms with E-state index in [9.17, 15) is 4.79 Å². The summed E-state index contributed by atoms with van der Waals surface area (Å²) < 4.78 is 17.0. The first kappa shape index (κ1) is 21.5. The Labute approximate surface area is 182 Å². The summed E-state index contributed by atoms with van der Waals surface area (Å²) in [7, 11) is 0. The molecule has 1 amide bonds. The van der Waals surface area contributed by atoms with Gasteiger partial charge in [-0.05, 0) is 36.8 Å². The van der Waals surface area contributed by atoms with Crippen molar-refractivity contribution in [3.8, 4) is 0 Å². The molecule has 0 unspecified atom stereocenters. The van der Waals surface area contributed by atoms with Crippen molar-refractivity contribution in [1.82, 2.24) is 4.90 Å². The maximum atomic E-state index is 11.7. The molecular weight excluding hydrogens is 394 g/mol. The van der Waals surface area contributed by atoms with E-state index in [4.69, 9.17) is 19.9 Å². The van der Waals surface area contributed by atoms with Crippen LogP contribution in [0.25, 0.3) is 6.08 Å². The normalized spacial score (nSPS) is 19.0. The number of anilines is 2. The second-order valence-electron chi connectivity index (χ2n) is 7.83. The van der Waals surface area contributed by atoms with Gasteiger partial charge in [-0.3, -0.25) is 9.69 Å². The fraction of sp³-hybridized carbons (Fsp3) is 0.375. The van der Waals surface area contributed by atoms with Gasteiger partial charge in [-0.25, -0.2) is 0 Å². The molecule has 7 heteroatoms. The van der Waals surface area contributed by atoms with E-state index in [0.717, 1.165) is 55.3 Å². The van der Waals surface area contributed by atoms with E-state index in [1.165, 1.54) is 0 Å². The minimum absolute atomic E-state index is 0.426.